The highest BCUT2D eigenvalue weighted by Gasteiger charge is 2.22. The number of hydrogen-bond acceptors (Lipinski definition) is 3. The molecule has 8 aromatic carbocycles. The highest BCUT2D eigenvalue weighted by Crippen LogP contribution is 2.43. The van der Waals surface area contributed by atoms with Crippen LogP contribution in [-0.4, -0.2) is 23.8 Å². The summed E-state index contributed by atoms with van der Waals surface area (Å²) in [5.74, 6) is 1.92. The molecule has 0 aliphatic heterocycles. The number of fused-ring (bicyclic) bond motifs is 13. The van der Waals surface area contributed by atoms with E-state index in [2.05, 4.69) is 148 Å². The molecule has 0 spiro atoms. The van der Waals surface area contributed by atoms with Crippen LogP contribution in [-0.2, 0) is 0 Å². The first-order valence-electron chi connectivity index (χ1n) is 18.3. The summed E-state index contributed by atoms with van der Waals surface area (Å²) in [5, 5.41) is 9.73. The van der Waals surface area contributed by atoms with Crippen molar-refractivity contribution < 1.29 is 0 Å². The number of benzene rings is 8. The zero-order valence-electron chi connectivity index (χ0n) is 29.0. The fraction of sp³-hybridized carbons (Fsp3) is 0. The summed E-state index contributed by atoms with van der Waals surface area (Å²) in [6, 6.07) is 62.6. The molecule has 0 N–H and O–H groups in total. The molecule has 0 aliphatic carbocycles. The zero-order chi connectivity index (χ0) is 35.3. The van der Waals surface area contributed by atoms with E-state index in [9.17, 15) is 0 Å². The van der Waals surface area contributed by atoms with E-state index >= 15 is 0 Å². The maximum absolute atomic E-state index is 5.12. The molecule has 0 unspecified atom stereocenters. The maximum Gasteiger partial charge on any atom is 0.164 e. The molecule has 0 aliphatic rings. The lowest BCUT2D eigenvalue weighted by molar-refractivity contribution is 1.07. The smallest absolute Gasteiger partial charge is 0.164 e. The monoisotopic (exact) mass is 687 g/mol. The minimum absolute atomic E-state index is 0.632. The van der Waals surface area contributed by atoms with E-state index in [1.165, 1.54) is 54.4 Å². The lowest BCUT2D eigenvalue weighted by Crippen LogP contribution is -2.00. The average molecular weight is 688 g/mol. The Balaban J connectivity index is 1.29. The van der Waals surface area contributed by atoms with Gasteiger partial charge in [0, 0.05) is 49.0 Å². The van der Waals surface area contributed by atoms with Crippen molar-refractivity contribution in [3.05, 3.63) is 176 Å². The largest absolute Gasteiger partial charge is 0.307 e. The molecule has 5 nitrogen and oxygen atoms in total. The second-order valence-electron chi connectivity index (χ2n) is 14.0. The van der Waals surface area contributed by atoms with Gasteiger partial charge in [-0.05, 0) is 47.2 Å². The Labute approximate surface area is 309 Å². The lowest BCUT2D eigenvalue weighted by atomic mass is 10.0. The quantitative estimate of drug-likeness (QED) is 0.186. The first kappa shape index (κ1) is 29.2. The second kappa shape index (κ2) is 11.1. The van der Waals surface area contributed by atoms with Crippen molar-refractivity contribution in [2.24, 2.45) is 0 Å². The Kier molecular flexibility index (Phi) is 5.99. The fourth-order valence-electron chi connectivity index (χ4n) is 8.74. The summed E-state index contributed by atoms with van der Waals surface area (Å²) in [5.41, 5.74) is 9.87. The second-order valence-corrected chi connectivity index (χ2v) is 14.0. The van der Waals surface area contributed by atoms with E-state index in [1.54, 1.807) is 0 Å². The van der Waals surface area contributed by atoms with Gasteiger partial charge in [-0.25, -0.2) is 15.0 Å². The molecule has 0 saturated carbocycles. The molecule has 12 aromatic rings. The molecule has 4 heterocycles. The van der Waals surface area contributed by atoms with Gasteiger partial charge < -0.3 is 8.80 Å². The van der Waals surface area contributed by atoms with E-state index in [-0.39, 0.29) is 0 Å². The number of nitrogens with zero attached hydrogens (tertiary/aromatic N) is 5. The minimum Gasteiger partial charge on any atom is -0.307 e. The van der Waals surface area contributed by atoms with Crippen LogP contribution in [0.15, 0.2) is 176 Å². The van der Waals surface area contributed by atoms with Gasteiger partial charge >= 0.3 is 0 Å². The van der Waals surface area contributed by atoms with Crippen molar-refractivity contribution >= 4 is 76.2 Å². The molecule has 0 bridgehead atoms. The Morgan fingerprint density at radius 2 is 0.778 bits per heavy atom. The van der Waals surface area contributed by atoms with Gasteiger partial charge in [-0.15, -0.1) is 0 Å². The van der Waals surface area contributed by atoms with E-state index in [0.717, 1.165) is 38.5 Å². The number of rotatable bonds is 3. The van der Waals surface area contributed by atoms with E-state index in [0.29, 0.717) is 17.5 Å². The predicted octanol–water partition coefficient (Wildman–Crippen LogP) is 12.3. The van der Waals surface area contributed by atoms with Gasteiger partial charge in [0.2, 0.25) is 0 Å². The Bertz CT molecular complexity index is 3430. The van der Waals surface area contributed by atoms with Crippen LogP contribution >= 0.6 is 0 Å². The van der Waals surface area contributed by atoms with E-state index in [1.807, 2.05) is 36.4 Å². The van der Waals surface area contributed by atoms with Crippen molar-refractivity contribution in [2.45, 2.75) is 0 Å². The van der Waals surface area contributed by atoms with Crippen LogP contribution in [0.25, 0.3) is 110 Å². The topological polar surface area (TPSA) is 47.5 Å². The molecule has 0 fully saturated rings. The highest BCUT2D eigenvalue weighted by atomic mass is 15.0. The number of aromatic nitrogens is 5. The molecule has 0 radical (unpaired) electrons. The van der Waals surface area contributed by atoms with Gasteiger partial charge in [-0.1, -0.05) is 140 Å². The van der Waals surface area contributed by atoms with Crippen molar-refractivity contribution in [2.75, 3.05) is 0 Å². The summed E-state index contributed by atoms with van der Waals surface area (Å²) in [4.78, 5) is 15.2. The first-order valence-corrected chi connectivity index (χ1v) is 18.3. The fourth-order valence-corrected chi connectivity index (χ4v) is 8.74. The van der Waals surface area contributed by atoms with E-state index in [4.69, 9.17) is 15.0 Å². The third-order valence-corrected chi connectivity index (χ3v) is 11.1. The summed E-state index contributed by atoms with van der Waals surface area (Å²) in [6.07, 6.45) is 0. The van der Waals surface area contributed by atoms with Gasteiger partial charge in [0.1, 0.15) is 0 Å². The summed E-state index contributed by atoms with van der Waals surface area (Å²) >= 11 is 0. The molecular formula is C49H29N5. The van der Waals surface area contributed by atoms with Gasteiger partial charge in [-0.3, -0.25) is 0 Å². The third-order valence-electron chi connectivity index (χ3n) is 11.1. The average Bonchev–Trinajstić information content (AvgIpc) is 3.76. The SMILES string of the molecule is c1ccc(-c2nc(-c3ccccc3)nc(-c3ccc4c(c3)c3ccccc3n3c5ccccc5c5ccc6c7c8ccccc8ccc7n4c6c53)n2)cc1. The molecule has 12 rings (SSSR count). The van der Waals surface area contributed by atoms with E-state index < -0.39 is 0 Å². The van der Waals surface area contributed by atoms with Crippen LogP contribution in [0.5, 0.6) is 0 Å². The molecular weight excluding hydrogens is 659 g/mol. The summed E-state index contributed by atoms with van der Waals surface area (Å²) in [6.45, 7) is 0. The van der Waals surface area contributed by atoms with Crippen LogP contribution in [0.4, 0.5) is 0 Å². The molecule has 250 valence electrons. The molecule has 54 heavy (non-hydrogen) atoms. The van der Waals surface area contributed by atoms with Gasteiger partial charge in [0.15, 0.2) is 17.5 Å². The molecule has 5 heteroatoms. The minimum atomic E-state index is 0.632. The normalized spacial score (nSPS) is 12.1. The van der Waals surface area contributed by atoms with Crippen molar-refractivity contribution in [1.29, 1.82) is 0 Å². The Morgan fingerprint density at radius 3 is 1.46 bits per heavy atom. The van der Waals surface area contributed by atoms with Crippen LogP contribution in [0.1, 0.15) is 0 Å². The standard InChI is InChI=1S/C49H29N5/c1-3-14-31(15-4-1)47-50-48(32-16-5-2-6-17-32)52-49(51-47)33-24-27-42-39(29-33)36-20-10-12-22-41(36)53-40-21-11-9-19-35(40)37-25-26-38-44-34-18-8-7-13-30(34)23-28-43(44)54(42)46(38)45(37)53/h1-29H. The Morgan fingerprint density at radius 1 is 0.296 bits per heavy atom. The Hall–Kier alpha value is -7.37. The first-order chi connectivity index (χ1) is 26.8. The van der Waals surface area contributed by atoms with Gasteiger partial charge in [-0.2, -0.15) is 0 Å². The molecule has 0 amide bonds. The van der Waals surface area contributed by atoms with Crippen molar-refractivity contribution in [3.8, 4) is 34.2 Å². The maximum atomic E-state index is 5.12. The van der Waals surface area contributed by atoms with Gasteiger partial charge in [0.05, 0.1) is 33.1 Å². The third kappa shape index (κ3) is 4.06. The van der Waals surface area contributed by atoms with Crippen molar-refractivity contribution in [1.82, 2.24) is 23.8 Å². The number of hydrogen-bond donors (Lipinski definition) is 0. The van der Waals surface area contributed by atoms with Crippen molar-refractivity contribution in [3.63, 3.8) is 0 Å². The number of para-hydroxylation sites is 2. The van der Waals surface area contributed by atoms with Gasteiger partial charge in [0.25, 0.3) is 0 Å². The summed E-state index contributed by atoms with van der Waals surface area (Å²) < 4.78 is 4.99. The lowest BCUT2D eigenvalue weighted by Gasteiger charge is -2.13. The summed E-state index contributed by atoms with van der Waals surface area (Å²) in [7, 11) is 0. The molecule has 4 aromatic heterocycles. The molecule has 0 atom stereocenters. The highest BCUT2D eigenvalue weighted by molar-refractivity contribution is 6.29. The predicted molar refractivity (Wildman–Crippen MR) is 223 cm³/mol. The molecule has 0 saturated heterocycles. The van der Waals surface area contributed by atoms with Crippen LogP contribution in [0.2, 0.25) is 0 Å². The zero-order valence-corrected chi connectivity index (χ0v) is 29.0. The van der Waals surface area contributed by atoms with Crippen LogP contribution < -0.4 is 0 Å². The van der Waals surface area contributed by atoms with Crippen LogP contribution in [0, 0.1) is 0 Å². The van der Waals surface area contributed by atoms with Crippen LogP contribution in [0.3, 0.4) is 0 Å².